The first-order valence-corrected chi connectivity index (χ1v) is 7.38. The number of hydrogen-bond donors (Lipinski definition) is 3. The van der Waals surface area contributed by atoms with Crippen LogP contribution in [0.15, 0.2) is 24.3 Å². The fourth-order valence-corrected chi connectivity index (χ4v) is 2.35. The minimum atomic E-state index is -0.226. The van der Waals surface area contributed by atoms with Crippen molar-refractivity contribution in [3.63, 3.8) is 0 Å². The van der Waals surface area contributed by atoms with Gasteiger partial charge in [0.1, 0.15) is 5.75 Å². The molecule has 0 saturated carbocycles. The third kappa shape index (κ3) is 4.51. The summed E-state index contributed by atoms with van der Waals surface area (Å²) < 4.78 is 0. The zero-order valence-electron chi connectivity index (χ0n) is 12.4. The summed E-state index contributed by atoms with van der Waals surface area (Å²) in [6.07, 6.45) is 5.25. The number of likely N-dealkylation sites (tertiary alicyclic amines) is 1. The fourth-order valence-electron chi connectivity index (χ4n) is 2.35. The molecule has 0 spiro atoms. The van der Waals surface area contributed by atoms with Gasteiger partial charge in [0, 0.05) is 43.4 Å². The number of benzene rings is 1. The molecule has 1 aromatic carbocycles. The molecule has 1 saturated heterocycles. The standard InChI is InChI=1S/C16H21N3O3/c17-14-6-5-13(20)11-12(14)4-7-15(21)18-8-2-10-19-9-1-3-16(19)22/h4-7,11,20H,1-3,8-10,17H2,(H,18,21). The summed E-state index contributed by atoms with van der Waals surface area (Å²) in [6, 6.07) is 4.57. The van der Waals surface area contributed by atoms with Crippen molar-refractivity contribution in [2.24, 2.45) is 0 Å². The monoisotopic (exact) mass is 303 g/mol. The largest absolute Gasteiger partial charge is 0.508 e. The van der Waals surface area contributed by atoms with Gasteiger partial charge in [0.25, 0.3) is 0 Å². The van der Waals surface area contributed by atoms with E-state index in [1.165, 1.54) is 18.2 Å². The molecule has 1 fully saturated rings. The molecule has 0 aromatic heterocycles. The number of nitrogens with zero attached hydrogens (tertiary/aromatic N) is 1. The maximum Gasteiger partial charge on any atom is 0.244 e. The first kappa shape index (κ1) is 15.9. The van der Waals surface area contributed by atoms with Crippen molar-refractivity contribution >= 4 is 23.6 Å². The molecule has 1 aliphatic rings. The second kappa shape index (κ2) is 7.49. The molecule has 1 aromatic rings. The van der Waals surface area contributed by atoms with Crippen LogP contribution in [0, 0.1) is 0 Å². The van der Waals surface area contributed by atoms with Gasteiger partial charge in [-0.15, -0.1) is 0 Å². The third-order valence-electron chi connectivity index (χ3n) is 3.56. The molecule has 0 atom stereocenters. The van der Waals surface area contributed by atoms with Gasteiger partial charge in [-0.05, 0) is 37.1 Å². The summed E-state index contributed by atoms with van der Waals surface area (Å²) in [6.45, 7) is 2.02. The Morgan fingerprint density at radius 2 is 2.27 bits per heavy atom. The Hall–Kier alpha value is -2.50. The van der Waals surface area contributed by atoms with Gasteiger partial charge in [0.15, 0.2) is 0 Å². The quantitative estimate of drug-likeness (QED) is 0.317. The van der Waals surface area contributed by atoms with Crippen molar-refractivity contribution in [3.8, 4) is 5.75 Å². The van der Waals surface area contributed by atoms with E-state index in [-0.39, 0.29) is 17.6 Å². The number of hydrogen-bond acceptors (Lipinski definition) is 4. The molecular formula is C16H21N3O3. The van der Waals surface area contributed by atoms with Gasteiger partial charge < -0.3 is 21.1 Å². The summed E-state index contributed by atoms with van der Waals surface area (Å²) in [4.78, 5) is 24.9. The number of nitrogens with two attached hydrogens (primary N) is 1. The van der Waals surface area contributed by atoms with Crippen LogP contribution in [0.25, 0.3) is 6.08 Å². The van der Waals surface area contributed by atoms with E-state index in [0.717, 1.165) is 19.4 Å². The third-order valence-corrected chi connectivity index (χ3v) is 3.56. The molecule has 0 bridgehead atoms. The average molecular weight is 303 g/mol. The predicted molar refractivity (Wildman–Crippen MR) is 85.0 cm³/mol. The minimum Gasteiger partial charge on any atom is -0.508 e. The Morgan fingerprint density at radius 3 is 3.00 bits per heavy atom. The van der Waals surface area contributed by atoms with Crippen LogP contribution in [0.5, 0.6) is 5.75 Å². The molecule has 2 amide bonds. The van der Waals surface area contributed by atoms with E-state index in [1.807, 2.05) is 4.90 Å². The second-order valence-corrected chi connectivity index (χ2v) is 5.28. The smallest absolute Gasteiger partial charge is 0.244 e. The fraction of sp³-hybridized carbons (Fsp3) is 0.375. The van der Waals surface area contributed by atoms with Crippen LogP contribution in [0.2, 0.25) is 0 Å². The van der Waals surface area contributed by atoms with Crippen molar-refractivity contribution in [3.05, 3.63) is 29.8 Å². The highest BCUT2D eigenvalue weighted by Crippen LogP contribution is 2.19. The van der Waals surface area contributed by atoms with E-state index in [9.17, 15) is 14.7 Å². The Labute approximate surface area is 129 Å². The number of aromatic hydroxyl groups is 1. The molecule has 2 rings (SSSR count). The highest BCUT2D eigenvalue weighted by atomic mass is 16.3. The van der Waals surface area contributed by atoms with E-state index < -0.39 is 0 Å². The topological polar surface area (TPSA) is 95.7 Å². The molecule has 0 radical (unpaired) electrons. The van der Waals surface area contributed by atoms with Gasteiger partial charge in [-0.3, -0.25) is 9.59 Å². The lowest BCUT2D eigenvalue weighted by Crippen LogP contribution is -2.29. The van der Waals surface area contributed by atoms with Gasteiger partial charge in [-0.1, -0.05) is 0 Å². The number of phenols is 1. The zero-order chi connectivity index (χ0) is 15.9. The molecule has 0 aliphatic carbocycles. The number of carbonyl (C=O) groups excluding carboxylic acids is 2. The average Bonchev–Trinajstić information content (AvgIpc) is 2.90. The highest BCUT2D eigenvalue weighted by molar-refractivity contribution is 5.92. The molecule has 1 heterocycles. The Balaban J connectivity index is 1.72. The molecular weight excluding hydrogens is 282 g/mol. The number of carbonyl (C=O) groups is 2. The van der Waals surface area contributed by atoms with Crippen molar-refractivity contribution in [1.82, 2.24) is 10.2 Å². The minimum absolute atomic E-state index is 0.101. The van der Waals surface area contributed by atoms with Crippen LogP contribution in [0.3, 0.4) is 0 Å². The number of rotatable bonds is 6. The molecule has 6 heteroatoms. The van der Waals surface area contributed by atoms with Gasteiger partial charge in [-0.2, -0.15) is 0 Å². The highest BCUT2D eigenvalue weighted by Gasteiger charge is 2.18. The number of phenolic OH excluding ortho intramolecular Hbond substituents is 1. The van der Waals surface area contributed by atoms with Crippen molar-refractivity contribution in [2.75, 3.05) is 25.4 Å². The lowest BCUT2D eigenvalue weighted by molar-refractivity contribution is -0.127. The summed E-state index contributed by atoms with van der Waals surface area (Å²) in [7, 11) is 0. The van der Waals surface area contributed by atoms with Crippen molar-refractivity contribution in [2.45, 2.75) is 19.3 Å². The van der Waals surface area contributed by atoms with E-state index in [2.05, 4.69) is 5.32 Å². The van der Waals surface area contributed by atoms with E-state index in [1.54, 1.807) is 12.1 Å². The number of amides is 2. The van der Waals surface area contributed by atoms with Crippen LogP contribution in [-0.4, -0.2) is 41.5 Å². The van der Waals surface area contributed by atoms with Crippen molar-refractivity contribution < 1.29 is 14.7 Å². The Kier molecular flexibility index (Phi) is 5.41. The molecule has 6 nitrogen and oxygen atoms in total. The maximum atomic E-state index is 11.7. The van der Waals surface area contributed by atoms with Gasteiger partial charge in [0.05, 0.1) is 0 Å². The molecule has 4 N–H and O–H groups in total. The summed E-state index contributed by atoms with van der Waals surface area (Å²) >= 11 is 0. The van der Waals surface area contributed by atoms with E-state index >= 15 is 0 Å². The van der Waals surface area contributed by atoms with Gasteiger partial charge in [-0.25, -0.2) is 0 Å². The van der Waals surface area contributed by atoms with Crippen LogP contribution in [0.4, 0.5) is 5.69 Å². The van der Waals surface area contributed by atoms with Crippen LogP contribution >= 0.6 is 0 Å². The summed E-state index contributed by atoms with van der Waals surface area (Å²) in [5.41, 5.74) is 6.84. The summed E-state index contributed by atoms with van der Waals surface area (Å²) in [5, 5.41) is 12.1. The van der Waals surface area contributed by atoms with Gasteiger partial charge >= 0.3 is 0 Å². The molecule has 118 valence electrons. The SMILES string of the molecule is Nc1ccc(O)cc1C=CC(=O)NCCCN1CCCC1=O. The number of anilines is 1. The first-order chi connectivity index (χ1) is 10.6. The lowest BCUT2D eigenvalue weighted by atomic mass is 10.1. The normalized spacial score (nSPS) is 14.7. The molecule has 1 aliphatic heterocycles. The Morgan fingerprint density at radius 1 is 1.45 bits per heavy atom. The van der Waals surface area contributed by atoms with Crippen molar-refractivity contribution in [1.29, 1.82) is 0 Å². The Bertz CT molecular complexity index is 584. The van der Waals surface area contributed by atoms with E-state index in [4.69, 9.17) is 5.73 Å². The molecule has 22 heavy (non-hydrogen) atoms. The maximum absolute atomic E-state index is 11.7. The van der Waals surface area contributed by atoms with E-state index in [0.29, 0.717) is 30.8 Å². The number of nitrogens with one attached hydrogen (secondary N) is 1. The van der Waals surface area contributed by atoms with Crippen LogP contribution in [0.1, 0.15) is 24.8 Å². The van der Waals surface area contributed by atoms with Crippen LogP contribution in [-0.2, 0) is 9.59 Å². The second-order valence-electron chi connectivity index (χ2n) is 5.28. The van der Waals surface area contributed by atoms with Gasteiger partial charge in [0.2, 0.25) is 11.8 Å². The first-order valence-electron chi connectivity index (χ1n) is 7.38. The molecule has 0 unspecified atom stereocenters. The lowest BCUT2D eigenvalue weighted by Gasteiger charge is -2.14. The predicted octanol–water partition coefficient (Wildman–Crippen LogP) is 1.12. The zero-order valence-corrected chi connectivity index (χ0v) is 12.4. The summed E-state index contributed by atoms with van der Waals surface area (Å²) in [5.74, 6) is 0.0746. The number of nitrogen functional groups attached to an aromatic ring is 1. The van der Waals surface area contributed by atoms with Crippen LogP contribution < -0.4 is 11.1 Å².